The normalized spacial score (nSPS) is 25.0. The molecule has 8 nitrogen and oxygen atoms in total. The third kappa shape index (κ3) is 2.91. The predicted octanol–water partition coefficient (Wildman–Crippen LogP) is 2.76. The Balaban J connectivity index is 1.35. The minimum absolute atomic E-state index is 0.102. The Morgan fingerprint density at radius 3 is 2.93 bits per heavy atom. The molecule has 1 amide bonds. The molecule has 160 valence electrons. The number of rotatable bonds is 3. The van der Waals surface area contributed by atoms with Gasteiger partial charge in [0.05, 0.1) is 12.4 Å². The zero-order valence-corrected chi connectivity index (χ0v) is 18.8. The molecular formula is C20H27N7OS2. The molecule has 2 N–H and O–H groups in total. The lowest BCUT2D eigenvalue weighted by Crippen LogP contribution is -2.39. The highest BCUT2D eigenvalue weighted by Gasteiger charge is 2.42. The van der Waals surface area contributed by atoms with Crippen LogP contribution in [0.15, 0.2) is 5.16 Å². The average Bonchev–Trinajstić information content (AvgIpc) is 3.48. The monoisotopic (exact) mass is 445 g/mol. The molecular weight excluding hydrogens is 418 g/mol. The van der Waals surface area contributed by atoms with Gasteiger partial charge in [-0.25, -0.2) is 9.99 Å². The summed E-state index contributed by atoms with van der Waals surface area (Å²) in [7, 11) is 0. The number of aromatic nitrogens is 3. The van der Waals surface area contributed by atoms with Crippen molar-refractivity contribution < 1.29 is 4.79 Å². The zero-order valence-electron chi connectivity index (χ0n) is 17.2. The SMILES string of the molecule is C[C@@H]1CCCc2sc3c(c21)C1NCNN1c1nnc(SCC(=O)N2CCCCC2)n1-3. The van der Waals surface area contributed by atoms with E-state index < -0.39 is 0 Å². The van der Waals surface area contributed by atoms with Crippen molar-refractivity contribution in [3.63, 3.8) is 0 Å². The summed E-state index contributed by atoms with van der Waals surface area (Å²) >= 11 is 3.41. The van der Waals surface area contributed by atoms with E-state index in [2.05, 4.69) is 37.4 Å². The summed E-state index contributed by atoms with van der Waals surface area (Å²) in [6.45, 7) is 4.85. The van der Waals surface area contributed by atoms with E-state index in [4.69, 9.17) is 0 Å². The largest absolute Gasteiger partial charge is 0.342 e. The number of thioether (sulfide) groups is 1. The molecule has 2 aromatic heterocycles. The number of hydrazine groups is 1. The molecule has 4 aliphatic rings. The van der Waals surface area contributed by atoms with Gasteiger partial charge >= 0.3 is 0 Å². The third-order valence-electron chi connectivity index (χ3n) is 6.72. The van der Waals surface area contributed by atoms with Crippen LogP contribution in [0.1, 0.15) is 67.1 Å². The quantitative estimate of drug-likeness (QED) is 0.704. The number of fused-ring (bicyclic) bond motifs is 8. The molecule has 10 heteroatoms. The van der Waals surface area contributed by atoms with Gasteiger partial charge in [0.15, 0.2) is 5.16 Å². The first-order chi connectivity index (χ1) is 14.7. The summed E-state index contributed by atoms with van der Waals surface area (Å²) in [6, 6.07) is 0. The van der Waals surface area contributed by atoms with E-state index >= 15 is 0 Å². The third-order valence-corrected chi connectivity index (χ3v) is 8.90. The maximum absolute atomic E-state index is 12.7. The van der Waals surface area contributed by atoms with Gasteiger partial charge < -0.3 is 4.90 Å². The Kier molecular flexibility index (Phi) is 4.78. The van der Waals surface area contributed by atoms with Gasteiger partial charge in [0.25, 0.3) is 0 Å². The minimum atomic E-state index is 0.102. The van der Waals surface area contributed by atoms with Gasteiger partial charge in [-0.15, -0.1) is 21.5 Å². The number of hydrogen-bond donors (Lipinski definition) is 2. The lowest BCUT2D eigenvalue weighted by Gasteiger charge is -2.32. The number of carbonyl (C=O) groups excluding carboxylic acids is 1. The summed E-state index contributed by atoms with van der Waals surface area (Å²) in [4.78, 5) is 16.2. The van der Waals surface area contributed by atoms with E-state index in [1.165, 1.54) is 52.0 Å². The number of anilines is 1. The highest BCUT2D eigenvalue weighted by molar-refractivity contribution is 7.99. The van der Waals surface area contributed by atoms with Gasteiger partial charge in [-0.2, -0.15) is 0 Å². The van der Waals surface area contributed by atoms with Gasteiger partial charge in [0.1, 0.15) is 11.2 Å². The van der Waals surface area contributed by atoms with Crippen molar-refractivity contribution in [2.45, 2.75) is 62.7 Å². The summed E-state index contributed by atoms with van der Waals surface area (Å²) in [5.74, 6) is 2.03. The molecule has 5 heterocycles. The standard InChI is InChI=1S/C20H27N7OS2/c1-12-6-5-7-13-15(12)16-17-21-11-22-27(17)19-23-24-20(26(19)18(16)30-13)29-10-14(28)25-8-3-2-4-9-25/h12,17,21-22H,2-11H2,1H3/t12-,17?/m1/s1. The number of carbonyl (C=O) groups is 1. The van der Waals surface area contributed by atoms with Gasteiger partial charge in [-0.3, -0.25) is 15.1 Å². The lowest BCUT2D eigenvalue weighted by molar-refractivity contribution is -0.129. The summed E-state index contributed by atoms with van der Waals surface area (Å²) in [5, 5.41) is 16.8. The highest BCUT2D eigenvalue weighted by Crippen LogP contribution is 2.50. The van der Waals surface area contributed by atoms with Crippen LogP contribution in [0.3, 0.4) is 0 Å². The van der Waals surface area contributed by atoms with E-state index in [-0.39, 0.29) is 12.1 Å². The molecule has 1 aliphatic carbocycles. The number of likely N-dealkylation sites (tertiary alicyclic amines) is 1. The zero-order chi connectivity index (χ0) is 20.2. The predicted molar refractivity (Wildman–Crippen MR) is 118 cm³/mol. The van der Waals surface area contributed by atoms with Crippen LogP contribution in [0.25, 0.3) is 5.00 Å². The molecule has 0 saturated carbocycles. The van der Waals surface area contributed by atoms with Gasteiger partial charge in [0.2, 0.25) is 11.9 Å². The number of nitrogens with one attached hydrogen (secondary N) is 2. The molecule has 2 atom stereocenters. The van der Waals surface area contributed by atoms with Crippen LogP contribution in [-0.4, -0.2) is 51.1 Å². The first-order valence-electron chi connectivity index (χ1n) is 11.0. The van der Waals surface area contributed by atoms with Crippen molar-refractivity contribution in [1.29, 1.82) is 0 Å². The fraction of sp³-hybridized carbons (Fsp3) is 0.650. The second-order valence-electron chi connectivity index (χ2n) is 8.61. The molecule has 0 radical (unpaired) electrons. The molecule has 2 saturated heterocycles. The van der Waals surface area contributed by atoms with Crippen LogP contribution >= 0.6 is 23.1 Å². The number of nitrogens with zero attached hydrogens (tertiary/aromatic N) is 5. The van der Waals surface area contributed by atoms with Crippen LogP contribution in [0, 0.1) is 0 Å². The van der Waals surface area contributed by atoms with Crippen molar-refractivity contribution >= 4 is 35.0 Å². The first-order valence-corrected chi connectivity index (χ1v) is 12.8. The Morgan fingerprint density at radius 1 is 1.20 bits per heavy atom. The summed E-state index contributed by atoms with van der Waals surface area (Å²) in [6.07, 6.45) is 7.24. The molecule has 3 aliphatic heterocycles. The van der Waals surface area contributed by atoms with Crippen LogP contribution in [-0.2, 0) is 11.2 Å². The summed E-state index contributed by atoms with van der Waals surface area (Å²) in [5.41, 5.74) is 6.31. The number of amides is 1. The Labute approximate surface area is 184 Å². The van der Waals surface area contributed by atoms with E-state index in [1.54, 1.807) is 0 Å². The second kappa shape index (κ2) is 7.51. The molecule has 2 aromatic rings. The van der Waals surface area contributed by atoms with E-state index in [9.17, 15) is 4.79 Å². The molecule has 2 fully saturated rings. The van der Waals surface area contributed by atoms with Crippen LogP contribution in [0.5, 0.6) is 0 Å². The van der Waals surface area contributed by atoms with Crippen molar-refractivity contribution in [2.75, 3.05) is 30.5 Å². The Morgan fingerprint density at radius 2 is 2.07 bits per heavy atom. The number of piperidine rings is 1. The molecule has 30 heavy (non-hydrogen) atoms. The maximum atomic E-state index is 12.7. The van der Waals surface area contributed by atoms with Crippen molar-refractivity contribution in [1.82, 2.24) is 30.4 Å². The lowest BCUT2D eigenvalue weighted by atomic mass is 9.85. The number of hydrogen-bond acceptors (Lipinski definition) is 8. The van der Waals surface area contributed by atoms with E-state index in [1.807, 2.05) is 16.2 Å². The van der Waals surface area contributed by atoms with Crippen LogP contribution < -0.4 is 15.8 Å². The van der Waals surface area contributed by atoms with Gasteiger partial charge in [-0.05, 0) is 50.0 Å². The fourth-order valence-corrected chi connectivity index (χ4v) is 7.62. The molecule has 0 aromatic carbocycles. The van der Waals surface area contributed by atoms with Crippen LogP contribution in [0.4, 0.5) is 5.95 Å². The van der Waals surface area contributed by atoms with Crippen molar-refractivity contribution in [3.05, 3.63) is 16.0 Å². The molecule has 1 unspecified atom stereocenters. The summed E-state index contributed by atoms with van der Waals surface area (Å²) < 4.78 is 2.18. The maximum Gasteiger partial charge on any atom is 0.249 e. The van der Waals surface area contributed by atoms with Gasteiger partial charge in [-0.1, -0.05) is 18.7 Å². The number of thiophene rings is 1. The van der Waals surface area contributed by atoms with Crippen molar-refractivity contribution in [2.24, 2.45) is 0 Å². The number of aryl methyl sites for hydroxylation is 1. The Hall–Kier alpha value is -1.62. The average molecular weight is 446 g/mol. The molecule has 6 rings (SSSR count). The topological polar surface area (TPSA) is 78.3 Å². The fourth-order valence-electron chi connectivity index (χ4n) is 5.24. The molecule has 0 bridgehead atoms. The van der Waals surface area contributed by atoms with Gasteiger partial charge in [0, 0.05) is 23.5 Å². The molecule has 0 spiro atoms. The van der Waals surface area contributed by atoms with E-state index in [0.717, 1.165) is 43.5 Å². The van der Waals surface area contributed by atoms with Crippen molar-refractivity contribution in [3.8, 4) is 5.00 Å². The van der Waals surface area contributed by atoms with Crippen LogP contribution in [0.2, 0.25) is 0 Å². The Bertz CT molecular complexity index is 980. The second-order valence-corrected chi connectivity index (χ2v) is 10.6. The highest BCUT2D eigenvalue weighted by atomic mass is 32.2. The van der Waals surface area contributed by atoms with E-state index in [0.29, 0.717) is 18.3 Å². The smallest absolute Gasteiger partial charge is 0.249 e. The minimum Gasteiger partial charge on any atom is -0.342 e. The first kappa shape index (κ1) is 19.1.